The average Bonchev–Trinajstić information content (AvgIpc) is 3.29. The molecule has 0 atom stereocenters. The second kappa shape index (κ2) is 7.88. The fraction of sp³-hybridized carbons (Fsp3) is 0.120. The Morgan fingerprint density at radius 2 is 1.58 bits per heavy atom. The maximum absolute atomic E-state index is 13.6. The van der Waals surface area contributed by atoms with Gasteiger partial charge in [0.05, 0.1) is 17.1 Å². The molecule has 3 aromatic rings. The van der Waals surface area contributed by atoms with Gasteiger partial charge in [0, 0.05) is 22.8 Å². The maximum Gasteiger partial charge on any atom is 0.278 e. The molecule has 0 aliphatic carbocycles. The van der Waals surface area contributed by atoms with Gasteiger partial charge < -0.3 is 4.90 Å². The molecule has 0 unspecified atom stereocenters. The first kappa shape index (κ1) is 19.9. The van der Waals surface area contributed by atoms with Gasteiger partial charge in [-0.25, -0.2) is 0 Å². The van der Waals surface area contributed by atoms with Gasteiger partial charge in [0.15, 0.2) is 0 Å². The quantitative estimate of drug-likeness (QED) is 0.506. The lowest BCUT2D eigenvalue weighted by Gasteiger charge is -2.22. The third-order valence-corrected chi connectivity index (χ3v) is 6.23. The Balaban J connectivity index is 1.65. The molecule has 2 amide bonds. The minimum atomic E-state index is -0.350. The molecule has 0 fully saturated rings. The fourth-order valence-electron chi connectivity index (χ4n) is 4.23. The molecule has 0 saturated heterocycles. The molecule has 0 N–H and O–H groups in total. The van der Waals surface area contributed by atoms with Gasteiger partial charge in [0.25, 0.3) is 11.8 Å². The first-order valence-corrected chi connectivity index (χ1v) is 10.8. The summed E-state index contributed by atoms with van der Waals surface area (Å²) >= 11 is 12.6. The van der Waals surface area contributed by atoms with E-state index in [1.165, 1.54) is 4.90 Å². The van der Waals surface area contributed by atoms with E-state index in [0.29, 0.717) is 33.4 Å². The third kappa shape index (κ3) is 3.42. The van der Waals surface area contributed by atoms with E-state index < -0.39 is 0 Å². The summed E-state index contributed by atoms with van der Waals surface area (Å²) in [6.07, 6.45) is 0.807. The van der Waals surface area contributed by atoms with Crippen molar-refractivity contribution in [3.8, 4) is 0 Å². The SMILES string of the molecule is O=C1C(c2ccc(Cl)cc2Cl)=C(N2CCc3ccccc32)C(=O)N1Cc1ccccc1. The molecular formula is C25H18Cl2N2O2. The Labute approximate surface area is 190 Å². The number of rotatable bonds is 4. The molecule has 2 heterocycles. The van der Waals surface area contributed by atoms with Gasteiger partial charge in [-0.1, -0.05) is 77.8 Å². The van der Waals surface area contributed by atoms with Gasteiger partial charge >= 0.3 is 0 Å². The first-order valence-electron chi connectivity index (χ1n) is 10.00. The zero-order chi connectivity index (χ0) is 21.5. The molecule has 4 nitrogen and oxygen atoms in total. The number of hydrogen-bond donors (Lipinski definition) is 0. The van der Waals surface area contributed by atoms with Crippen LogP contribution in [0.1, 0.15) is 16.7 Å². The number of halogens is 2. The van der Waals surface area contributed by atoms with Crippen molar-refractivity contribution >= 4 is 46.3 Å². The van der Waals surface area contributed by atoms with Gasteiger partial charge in [0.1, 0.15) is 5.70 Å². The Kier molecular flexibility index (Phi) is 5.05. The molecule has 0 aromatic heterocycles. The summed E-state index contributed by atoms with van der Waals surface area (Å²) in [6.45, 7) is 0.827. The molecule has 0 spiro atoms. The van der Waals surface area contributed by atoms with Crippen molar-refractivity contribution in [1.29, 1.82) is 0 Å². The van der Waals surface area contributed by atoms with Gasteiger partial charge in [-0.2, -0.15) is 0 Å². The summed E-state index contributed by atoms with van der Waals surface area (Å²) in [5, 5.41) is 0.815. The van der Waals surface area contributed by atoms with Crippen LogP contribution in [0.25, 0.3) is 5.57 Å². The summed E-state index contributed by atoms with van der Waals surface area (Å²) in [5.74, 6) is -0.663. The number of fused-ring (bicyclic) bond motifs is 1. The number of imide groups is 1. The van der Waals surface area contributed by atoms with Crippen LogP contribution < -0.4 is 4.90 Å². The number of benzene rings is 3. The van der Waals surface area contributed by atoms with Crippen LogP contribution in [0.15, 0.2) is 78.5 Å². The van der Waals surface area contributed by atoms with E-state index >= 15 is 0 Å². The highest BCUT2D eigenvalue weighted by molar-refractivity contribution is 6.41. The molecule has 0 bridgehead atoms. The molecule has 154 valence electrons. The lowest BCUT2D eigenvalue weighted by atomic mass is 10.0. The predicted molar refractivity (Wildman–Crippen MR) is 123 cm³/mol. The third-order valence-electron chi connectivity index (χ3n) is 5.68. The number of para-hydroxylation sites is 1. The lowest BCUT2D eigenvalue weighted by Crippen LogP contribution is -2.34. The van der Waals surface area contributed by atoms with E-state index in [4.69, 9.17) is 23.2 Å². The van der Waals surface area contributed by atoms with Gasteiger partial charge in [-0.15, -0.1) is 0 Å². The molecule has 31 heavy (non-hydrogen) atoms. The van der Waals surface area contributed by atoms with Crippen molar-refractivity contribution in [2.75, 3.05) is 11.4 Å². The highest BCUT2D eigenvalue weighted by Gasteiger charge is 2.43. The van der Waals surface area contributed by atoms with E-state index in [0.717, 1.165) is 23.2 Å². The van der Waals surface area contributed by atoms with Crippen molar-refractivity contribution in [3.63, 3.8) is 0 Å². The van der Waals surface area contributed by atoms with E-state index in [-0.39, 0.29) is 18.4 Å². The van der Waals surface area contributed by atoms with Gasteiger partial charge in [-0.05, 0) is 35.7 Å². The predicted octanol–water partition coefficient (Wildman–Crippen LogP) is 5.34. The minimum Gasteiger partial charge on any atom is -0.336 e. The Morgan fingerprint density at radius 1 is 0.839 bits per heavy atom. The summed E-state index contributed by atoms with van der Waals surface area (Å²) in [4.78, 5) is 30.4. The van der Waals surface area contributed by atoms with Crippen LogP contribution in [0.3, 0.4) is 0 Å². The largest absolute Gasteiger partial charge is 0.336 e. The summed E-state index contributed by atoms with van der Waals surface area (Å²) in [7, 11) is 0. The molecular weight excluding hydrogens is 431 g/mol. The van der Waals surface area contributed by atoms with Gasteiger partial charge in [-0.3, -0.25) is 14.5 Å². The highest BCUT2D eigenvalue weighted by Crippen LogP contribution is 2.41. The van der Waals surface area contributed by atoms with Crippen molar-refractivity contribution in [2.45, 2.75) is 13.0 Å². The second-order valence-electron chi connectivity index (χ2n) is 7.56. The first-order chi connectivity index (χ1) is 15.0. The Hall–Kier alpha value is -3.08. The van der Waals surface area contributed by atoms with Crippen LogP contribution in [0.5, 0.6) is 0 Å². The van der Waals surface area contributed by atoms with Crippen molar-refractivity contribution in [3.05, 3.63) is 105 Å². The standard InChI is InChI=1S/C25H18Cl2N2O2/c26-18-10-11-19(20(27)14-18)22-23(28-13-12-17-8-4-5-9-21(17)28)25(31)29(24(22)30)15-16-6-2-1-3-7-16/h1-11,14H,12-13,15H2. The van der Waals surface area contributed by atoms with Crippen LogP contribution in [0.4, 0.5) is 5.69 Å². The number of nitrogens with zero attached hydrogens (tertiary/aromatic N) is 2. The molecule has 2 aliphatic heterocycles. The fourth-order valence-corrected chi connectivity index (χ4v) is 4.73. The number of hydrogen-bond acceptors (Lipinski definition) is 3. The average molecular weight is 449 g/mol. The van der Waals surface area contributed by atoms with Crippen molar-refractivity contribution in [2.24, 2.45) is 0 Å². The van der Waals surface area contributed by atoms with Crippen molar-refractivity contribution < 1.29 is 9.59 Å². The van der Waals surface area contributed by atoms with Crippen molar-refractivity contribution in [1.82, 2.24) is 4.90 Å². The Morgan fingerprint density at radius 3 is 2.35 bits per heavy atom. The second-order valence-corrected chi connectivity index (χ2v) is 8.40. The van der Waals surface area contributed by atoms with Crippen LogP contribution in [0, 0.1) is 0 Å². The van der Waals surface area contributed by atoms with Crippen LogP contribution in [0.2, 0.25) is 10.0 Å². The minimum absolute atomic E-state index is 0.201. The number of amides is 2. The number of carbonyl (C=O) groups is 2. The lowest BCUT2D eigenvalue weighted by molar-refractivity contribution is -0.137. The normalized spacial score (nSPS) is 15.8. The van der Waals surface area contributed by atoms with E-state index in [1.54, 1.807) is 18.2 Å². The van der Waals surface area contributed by atoms with Crippen LogP contribution >= 0.6 is 23.2 Å². The summed E-state index contributed by atoms with van der Waals surface area (Å²) < 4.78 is 0. The molecule has 0 saturated carbocycles. The maximum atomic E-state index is 13.6. The van der Waals surface area contributed by atoms with E-state index in [2.05, 4.69) is 0 Å². The zero-order valence-electron chi connectivity index (χ0n) is 16.5. The molecule has 6 heteroatoms. The summed E-state index contributed by atoms with van der Waals surface area (Å²) in [6, 6.07) is 22.4. The Bertz CT molecular complexity index is 1240. The van der Waals surface area contributed by atoms with Crippen LogP contribution in [-0.2, 0) is 22.6 Å². The smallest absolute Gasteiger partial charge is 0.278 e. The molecule has 2 aliphatic rings. The van der Waals surface area contributed by atoms with Crippen LogP contribution in [-0.4, -0.2) is 23.3 Å². The topological polar surface area (TPSA) is 40.6 Å². The highest BCUT2D eigenvalue weighted by atomic mass is 35.5. The number of carbonyl (C=O) groups excluding carboxylic acids is 2. The monoisotopic (exact) mass is 448 g/mol. The molecule has 5 rings (SSSR count). The molecule has 0 radical (unpaired) electrons. The number of anilines is 1. The van der Waals surface area contributed by atoms with E-state index in [1.807, 2.05) is 59.5 Å². The molecule has 3 aromatic carbocycles. The van der Waals surface area contributed by atoms with E-state index in [9.17, 15) is 9.59 Å². The summed E-state index contributed by atoms with van der Waals surface area (Å²) in [5.41, 5.74) is 4.18. The van der Waals surface area contributed by atoms with Gasteiger partial charge in [0.2, 0.25) is 0 Å². The zero-order valence-corrected chi connectivity index (χ0v) is 18.0.